The topological polar surface area (TPSA) is 23.8 Å². The second kappa shape index (κ2) is 4.91. The van der Waals surface area contributed by atoms with Gasteiger partial charge in [0.15, 0.2) is 0 Å². The summed E-state index contributed by atoms with van der Waals surface area (Å²) in [5.41, 5.74) is 5.23. The monoisotopic (exact) mass is 257 g/mol. The zero-order valence-electron chi connectivity index (χ0n) is 11.3. The van der Waals surface area contributed by atoms with Crippen LogP contribution in [0, 0.1) is 22.8 Å². The molecular formula is C14H19NSi2. The molecule has 0 radical (unpaired) electrons. The van der Waals surface area contributed by atoms with Crippen LogP contribution >= 0.6 is 0 Å². The minimum Gasteiger partial charge on any atom is -0.192 e. The van der Waals surface area contributed by atoms with Gasteiger partial charge in [-0.2, -0.15) is 5.26 Å². The van der Waals surface area contributed by atoms with Gasteiger partial charge in [0.25, 0.3) is 0 Å². The van der Waals surface area contributed by atoms with E-state index in [4.69, 9.17) is 5.26 Å². The highest BCUT2D eigenvalue weighted by Crippen LogP contribution is 2.17. The lowest BCUT2D eigenvalue weighted by atomic mass is 10.2. The molecule has 0 bridgehead atoms. The zero-order valence-corrected chi connectivity index (χ0v) is 13.3. The lowest BCUT2D eigenvalue weighted by molar-refractivity contribution is 1.48. The molecule has 17 heavy (non-hydrogen) atoms. The maximum atomic E-state index is 8.72. The first-order valence-corrected chi connectivity index (χ1v) is 13.3. The highest BCUT2D eigenvalue weighted by molar-refractivity contribution is 7.43. The van der Waals surface area contributed by atoms with Crippen molar-refractivity contribution in [3.63, 3.8) is 0 Å². The number of hydrogen-bond acceptors (Lipinski definition) is 1. The summed E-state index contributed by atoms with van der Waals surface area (Å²) in [5.74, 6) is 3.28. The van der Waals surface area contributed by atoms with Gasteiger partial charge in [-0.1, -0.05) is 38.7 Å². The normalized spacial score (nSPS) is 11.3. The summed E-state index contributed by atoms with van der Waals surface area (Å²) in [6.45, 7) is 11.9. The van der Waals surface area contributed by atoms with Gasteiger partial charge in [0.2, 0.25) is 0 Å². The minimum atomic E-state index is -1.40. The first-order valence-electron chi connectivity index (χ1n) is 5.79. The maximum absolute atomic E-state index is 8.72. The SMILES string of the molecule is C[Si](C)(C)[Si](C)(C)C#Cc1ccc(C#N)cc1. The van der Waals surface area contributed by atoms with E-state index in [1.807, 2.05) is 24.3 Å². The summed E-state index contributed by atoms with van der Waals surface area (Å²) in [6, 6.07) is 9.63. The van der Waals surface area contributed by atoms with E-state index in [2.05, 4.69) is 50.3 Å². The molecule has 0 aliphatic heterocycles. The molecule has 0 aliphatic rings. The van der Waals surface area contributed by atoms with Crippen molar-refractivity contribution in [2.45, 2.75) is 32.7 Å². The highest BCUT2D eigenvalue weighted by Gasteiger charge is 2.35. The van der Waals surface area contributed by atoms with E-state index >= 15 is 0 Å². The average Bonchev–Trinajstić information content (AvgIpc) is 2.25. The summed E-state index contributed by atoms with van der Waals surface area (Å²) < 4.78 is 0. The molecule has 0 atom stereocenters. The van der Waals surface area contributed by atoms with Crippen LogP contribution in [0.25, 0.3) is 0 Å². The molecule has 1 rings (SSSR count). The number of nitrogens with zero attached hydrogens (tertiary/aromatic N) is 1. The van der Waals surface area contributed by atoms with Crippen LogP contribution in [0.4, 0.5) is 0 Å². The van der Waals surface area contributed by atoms with Crippen LogP contribution in [0.2, 0.25) is 32.7 Å². The van der Waals surface area contributed by atoms with Gasteiger partial charge in [-0.15, -0.1) is 5.54 Å². The maximum Gasteiger partial charge on any atom is 0.123 e. The van der Waals surface area contributed by atoms with Crippen molar-refractivity contribution in [1.29, 1.82) is 5.26 Å². The predicted molar refractivity (Wildman–Crippen MR) is 78.9 cm³/mol. The molecule has 0 heterocycles. The lowest BCUT2D eigenvalue weighted by Crippen LogP contribution is -2.51. The Morgan fingerprint density at radius 3 is 1.76 bits per heavy atom. The summed E-state index contributed by atoms with van der Waals surface area (Å²) in [4.78, 5) is 0. The molecule has 88 valence electrons. The van der Waals surface area contributed by atoms with Crippen LogP contribution in [0.15, 0.2) is 24.3 Å². The Balaban J connectivity index is 2.96. The largest absolute Gasteiger partial charge is 0.192 e. The van der Waals surface area contributed by atoms with Crippen LogP contribution < -0.4 is 0 Å². The van der Waals surface area contributed by atoms with Gasteiger partial charge in [-0.3, -0.25) is 0 Å². The fourth-order valence-electron chi connectivity index (χ4n) is 1.04. The Morgan fingerprint density at radius 1 is 0.882 bits per heavy atom. The van der Waals surface area contributed by atoms with Crippen molar-refractivity contribution in [3.8, 4) is 17.5 Å². The Kier molecular flexibility index (Phi) is 3.98. The standard InChI is InChI=1S/C14H19NSi2/c1-16(2,3)17(4,5)11-10-13-6-8-14(12-15)9-7-13/h6-9H,1-5H3. The molecular weight excluding hydrogens is 238 g/mol. The van der Waals surface area contributed by atoms with Gasteiger partial charge >= 0.3 is 0 Å². The van der Waals surface area contributed by atoms with Gasteiger partial charge in [-0.25, -0.2) is 0 Å². The molecule has 1 nitrogen and oxygen atoms in total. The molecule has 0 aliphatic carbocycles. The van der Waals surface area contributed by atoms with Crippen molar-refractivity contribution in [2.75, 3.05) is 0 Å². The zero-order chi connectivity index (χ0) is 13.1. The quantitative estimate of drug-likeness (QED) is 0.557. The predicted octanol–water partition coefficient (Wildman–Crippen LogP) is 3.57. The van der Waals surface area contributed by atoms with Crippen LogP contribution in [0.1, 0.15) is 11.1 Å². The molecule has 0 amide bonds. The number of hydrogen-bond donors (Lipinski definition) is 0. The van der Waals surface area contributed by atoms with Crippen LogP contribution in [-0.2, 0) is 0 Å². The van der Waals surface area contributed by atoms with E-state index in [0.29, 0.717) is 5.56 Å². The summed E-state index contributed by atoms with van der Waals surface area (Å²) in [7, 11) is -2.54. The van der Waals surface area contributed by atoms with Gasteiger partial charge < -0.3 is 0 Å². The molecule has 1 aromatic carbocycles. The van der Waals surface area contributed by atoms with Crippen molar-refractivity contribution < 1.29 is 0 Å². The molecule has 0 fully saturated rings. The van der Waals surface area contributed by atoms with E-state index < -0.39 is 15.2 Å². The van der Waals surface area contributed by atoms with E-state index in [0.717, 1.165) is 5.56 Å². The van der Waals surface area contributed by atoms with Crippen molar-refractivity contribution in [3.05, 3.63) is 35.4 Å². The van der Waals surface area contributed by atoms with Gasteiger partial charge in [0, 0.05) is 5.56 Å². The summed E-state index contributed by atoms with van der Waals surface area (Å²) in [5, 5.41) is 8.72. The minimum absolute atomic E-state index is 0.692. The highest BCUT2D eigenvalue weighted by atomic mass is 29.3. The van der Waals surface area contributed by atoms with Gasteiger partial charge in [0.05, 0.1) is 19.2 Å². The Morgan fingerprint density at radius 2 is 1.35 bits per heavy atom. The Labute approximate surface area is 106 Å². The first kappa shape index (κ1) is 13.8. The molecule has 1 aromatic rings. The Hall–Kier alpha value is -1.30. The van der Waals surface area contributed by atoms with Gasteiger partial charge in [0.1, 0.15) is 7.59 Å². The van der Waals surface area contributed by atoms with Crippen molar-refractivity contribution >= 4 is 15.2 Å². The number of rotatable bonds is 1. The Bertz CT molecular complexity index is 490. The van der Waals surface area contributed by atoms with E-state index in [-0.39, 0.29) is 0 Å². The van der Waals surface area contributed by atoms with E-state index in [1.165, 1.54) is 0 Å². The second-order valence-electron chi connectivity index (χ2n) is 5.81. The van der Waals surface area contributed by atoms with E-state index in [1.54, 1.807) is 0 Å². The fraction of sp³-hybridized carbons (Fsp3) is 0.357. The molecule has 0 saturated heterocycles. The van der Waals surface area contributed by atoms with Crippen LogP contribution in [-0.4, -0.2) is 15.2 Å². The average molecular weight is 257 g/mol. The molecule has 0 unspecified atom stereocenters. The van der Waals surface area contributed by atoms with E-state index in [9.17, 15) is 0 Å². The lowest BCUT2D eigenvalue weighted by Gasteiger charge is -2.29. The third kappa shape index (κ3) is 3.59. The fourth-order valence-corrected chi connectivity index (χ4v) is 3.19. The molecule has 3 heteroatoms. The van der Waals surface area contributed by atoms with Crippen molar-refractivity contribution in [1.82, 2.24) is 0 Å². The molecule has 0 saturated carbocycles. The third-order valence-corrected chi connectivity index (χ3v) is 19.5. The van der Waals surface area contributed by atoms with Crippen molar-refractivity contribution in [2.24, 2.45) is 0 Å². The molecule has 0 aromatic heterocycles. The number of nitriles is 1. The molecule has 0 spiro atoms. The smallest absolute Gasteiger partial charge is 0.123 e. The van der Waals surface area contributed by atoms with Crippen LogP contribution in [0.5, 0.6) is 0 Å². The molecule has 0 N–H and O–H groups in total. The second-order valence-corrected chi connectivity index (χ2v) is 22.1. The van der Waals surface area contributed by atoms with Gasteiger partial charge in [-0.05, 0) is 24.3 Å². The number of benzene rings is 1. The van der Waals surface area contributed by atoms with Crippen LogP contribution in [0.3, 0.4) is 0 Å². The summed E-state index contributed by atoms with van der Waals surface area (Å²) in [6.07, 6.45) is 0. The third-order valence-electron chi connectivity index (χ3n) is 3.41. The first-order chi connectivity index (χ1) is 7.76. The summed E-state index contributed by atoms with van der Waals surface area (Å²) >= 11 is 0.